The zero-order valence-corrected chi connectivity index (χ0v) is 11.4. The van der Waals surface area contributed by atoms with Crippen LogP contribution in [0.3, 0.4) is 0 Å². The molecule has 0 bridgehead atoms. The van der Waals surface area contributed by atoms with Gasteiger partial charge in [-0.1, -0.05) is 6.58 Å². The van der Waals surface area contributed by atoms with E-state index in [1.165, 1.54) is 6.92 Å². The average Bonchev–Trinajstić information content (AvgIpc) is 2.29. The molecule has 6 nitrogen and oxygen atoms in total. The minimum absolute atomic E-state index is 0. The predicted octanol–water partition coefficient (Wildman–Crippen LogP) is -0.491. The second-order valence-electron chi connectivity index (χ2n) is 4.22. The summed E-state index contributed by atoms with van der Waals surface area (Å²) in [7, 11) is -3.79. The van der Waals surface area contributed by atoms with E-state index in [-0.39, 0.29) is 62.7 Å². The first-order valence-electron chi connectivity index (χ1n) is 5.83. The normalized spacial score (nSPS) is 16.5. The van der Waals surface area contributed by atoms with Crippen molar-refractivity contribution >= 4 is 67.5 Å². The van der Waals surface area contributed by atoms with E-state index < -0.39 is 16.1 Å². The summed E-state index contributed by atoms with van der Waals surface area (Å²) in [5, 5.41) is 0. The van der Waals surface area contributed by atoms with Gasteiger partial charge in [0.15, 0.2) is 0 Å². The van der Waals surface area contributed by atoms with Crippen molar-refractivity contribution in [3.05, 3.63) is 12.2 Å². The van der Waals surface area contributed by atoms with Crippen molar-refractivity contribution in [3.63, 3.8) is 0 Å². The molecule has 0 N–H and O–H groups in total. The van der Waals surface area contributed by atoms with Crippen LogP contribution < -0.4 is 0 Å². The van der Waals surface area contributed by atoms with Crippen LogP contribution in [0.2, 0.25) is 0 Å². The van der Waals surface area contributed by atoms with Crippen LogP contribution in [0.5, 0.6) is 0 Å². The second-order valence-corrected chi connectivity index (χ2v) is 5.91. The molecule has 0 aromatic heterocycles. The number of morpholine rings is 1. The Morgan fingerprint density at radius 3 is 2.47 bits per heavy atom. The SMILES string of the molecule is C=C(C)C(=O)OS(=O)(=O)CCCN1CCOCC1.[KH]. The van der Waals surface area contributed by atoms with E-state index in [1.807, 2.05) is 0 Å². The molecule has 1 aliphatic heterocycles. The molecule has 0 unspecified atom stereocenters. The molecule has 0 atom stereocenters. The van der Waals surface area contributed by atoms with Crippen molar-refractivity contribution in [3.8, 4) is 0 Å². The van der Waals surface area contributed by atoms with Gasteiger partial charge in [-0.25, -0.2) is 4.79 Å². The Hall–Kier alpha value is 0.716. The molecular formula is C11H20KNO5S. The van der Waals surface area contributed by atoms with Crippen molar-refractivity contribution in [2.45, 2.75) is 13.3 Å². The van der Waals surface area contributed by atoms with Gasteiger partial charge < -0.3 is 8.92 Å². The summed E-state index contributed by atoms with van der Waals surface area (Å²) in [6.45, 7) is 8.38. The fraction of sp³-hybridized carbons (Fsp3) is 0.727. The van der Waals surface area contributed by atoms with E-state index >= 15 is 0 Å². The molecule has 1 rings (SSSR count). The van der Waals surface area contributed by atoms with E-state index in [4.69, 9.17) is 4.74 Å². The molecule has 1 aliphatic rings. The second kappa shape index (κ2) is 9.62. The fourth-order valence-corrected chi connectivity index (χ4v) is 2.46. The van der Waals surface area contributed by atoms with E-state index in [0.717, 1.165) is 13.1 Å². The van der Waals surface area contributed by atoms with Gasteiger partial charge in [-0.05, 0) is 19.9 Å². The van der Waals surface area contributed by atoms with Crippen LogP contribution in [0.25, 0.3) is 0 Å². The summed E-state index contributed by atoms with van der Waals surface area (Å²) in [4.78, 5) is 13.2. The van der Waals surface area contributed by atoms with Gasteiger partial charge in [0.05, 0.1) is 19.0 Å². The average molecular weight is 317 g/mol. The monoisotopic (exact) mass is 317 g/mol. The van der Waals surface area contributed by atoms with Crippen LogP contribution in [0.4, 0.5) is 0 Å². The number of rotatable bonds is 6. The van der Waals surface area contributed by atoms with Gasteiger partial charge in [0.1, 0.15) is 0 Å². The molecule has 1 heterocycles. The van der Waals surface area contributed by atoms with E-state index in [1.54, 1.807) is 0 Å². The van der Waals surface area contributed by atoms with Crippen LogP contribution in [0.1, 0.15) is 13.3 Å². The maximum absolute atomic E-state index is 11.5. The van der Waals surface area contributed by atoms with Crippen LogP contribution in [0, 0.1) is 0 Å². The van der Waals surface area contributed by atoms with Crippen molar-refractivity contribution < 1.29 is 22.1 Å². The van der Waals surface area contributed by atoms with E-state index in [9.17, 15) is 13.2 Å². The minimum atomic E-state index is -3.79. The summed E-state index contributed by atoms with van der Waals surface area (Å²) in [6.07, 6.45) is 0.436. The summed E-state index contributed by atoms with van der Waals surface area (Å²) < 4.78 is 32.5. The molecule has 0 saturated carbocycles. The van der Waals surface area contributed by atoms with Crippen molar-refractivity contribution in [1.29, 1.82) is 0 Å². The topological polar surface area (TPSA) is 72.9 Å². The Balaban J connectivity index is 0.00000324. The standard InChI is InChI=1S/C11H19NO5S.K.H/c1-10(2)11(13)17-18(14,15)9-3-4-12-5-7-16-8-6-12;;/h1,3-9H2,2H3;;. The predicted molar refractivity (Wildman–Crippen MR) is 73.7 cm³/mol. The van der Waals surface area contributed by atoms with Gasteiger partial charge in [0.25, 0.3) is 0 Å². The summed E-state index contributed by atoms with van der Waals surface area (Å²) in [5.41, 5.74) is 0.0757. The molecule has 0 aromatic rings. The zero-order chi connectivity index (χ0) is 13.6. The summed E-state index contributed by atoms with van der Waals surface area (Å²) in [5.74, 6) is -1.05. The van der Waals surface area contributed by atoms with Gasteiger partial charge in [0, 0.05) is 18.7 Å². The van der Waals surface area contributed by atoms with Gasteiger partial charge in [-0.3, -0.25) is 4.90 Å². The quantitative estimate of drug-likeness (QED) is 0.374. The Bertz CT molecular complexity index is 403. The van der Waals surface area contributed by atoms with Crippen LogP contribution in [0.15, 0.2) is 12.2 Å². The van der Waals surface area contributed by atoms with Gasteiger partial charge >= 0.3 is 67.5 Å². The molecule has 0 spiro atoms. The molecule has 8 heteroatoms. The molecule has 106 valence electrons. The van der Waals surface area contributed by atoms with Crippen molar-refractivity contribution in [1.82, 2.24) is 4.90 Å². The number of ether oxygens (including phenoxy) is 1. The number of carbonyl (C=O) groups excluding carboxylic acids is 1. The van der Waals surface area contributed by atoms with E-state index in [0.29, 0.717) is 26.2 Å². The first-order valence-corrected chi connectivity index (χ1v) is 7.40. The van der Waals surface area contributed by atoms with Gasteiger partial charge in [0.2, 0.25) is 0 Å². The molecule has 0 aliphatic carbocycles. The van der Waals surface area contributed by atoms with Crippen molar-refractivity contribution in [2.24, 2.45) is 0 Å². The third kappa shape index (κ3) is 8.56. The van der Waals surface area contributed by atoms with E-state index in [2.05, 4.69) is 15.7 Å². The number of carbonyl (C=O) groups is 1. The van der Waals surface area contributed by atoms with Crippen LogP contribution in [-0.4, -0.2) is 109 Å². The Morgan fingerprint density at radius 1 is 1.37 bits per heavy atom. The fourth-order valence-electron chi connectivity index (χ4n) is 1.52. The number of hydrogen-bond acceptors (Lipinski definition) is 6. The third-order valence-corrected chi connectivity index (χ3v) is 3.72. The Kier molecular flexibility index (Phi) is 9.98. The van der Waals surface area contributed by atoms with Crippen molar-refractivity contribution in [2.75, 3.05) is 38.6 Å². The molecule has 1 saturated heterocycles. The molecular weight excluding hydrogens is 297 g/mol. The first kappa shape index (κ1) is 19.7. The number of nitrogens with zero attached hydrogens (tertiary/aromatic N) is 1. The number of hydrogen-bond donors (Lipinski definition) is 0. The summed E-state index contributed by atoms with van der Waals surface area (Å²) in [6, 6.07) is 0. The van der Waals surface area contributed by atoms with Gasteiger partial charge in [-0.15, -0.1) is 0 Å². The summed E-state index contributed by atoms with van der Waals surface area (Å²) >= 11 is 0. The molecule has 0 amide bonds. The molecule has 1 fully saturated rings. The Morgan fingerprint density at radius 2 is 1.95 bits per heavy atom. The van der Waals surface area contributed by atoms with Gasteiger partial charge in [-0.2, -0.15) is 8.42 Å². The Labute approximate surface area is 157 Å². The zero-order valence-electron chi connectivity index (χ0n) is 10.6. The molecule has 19 heavy (non-hydrogen) atoms. The van der Waals surface area contributed by atoms with Crippen LogP contribution in [-0.2, 0) is 23.8 Å². The van der Waals surface area contributed by atoms with Crippen LogP contribution >= 0.6 is 0 Å². The molecule has 0 radical (unpaired) electrons. The first-order chi connectivity index (χ1) is 8.41. The maximum atomic E-state index is 11.5. The molecule has 0 aromatic carbocycles. The third-order valence-electron chi connectivity index (χ3n) is 2.52.